The van der Waals surface area contributed by atoms with Gasteiger partial charge in [-0.2, -0.15) is 0 Å². The zero-order valence-corrected chi connectivity index (χ0v) is 19.9. The van der Waals surface area contributed by atoms with E-state index in [1.807, 2.05) is 55.5 Å². The Kier molecular flexibility index (Phi) is 7.62. The lowest BCUT2D eigenvalue weighted by molar-refractivity contribution is -0.137. The average Bonchev–Trinajstić information content (AvgIpc) is 2.89. The van der Waals surface area contributed by atoms with Gasteiger partial charge < -0.3 is 15.2 Å². The van der Waals surface area contributed by atoms with Gasteiger partial charge in [0.25, 0.3) is 5.91 Å². The normalized spacial score (nSPS) is 11.4. The first-order valence-electron chi connectivity index (χ1n) is 11.7. The van der Waals surface area contributed by atoms with Gasteiger partial charge in [-0.05, 0) is 65.9 Å². The van der Waals surface area contributed by atoms with Crippen LogP contribution in [-0.4, -0.2) is 17.0 Å². The lowest BCUT2D eigenvalue weighted by Gasteiger charge is -2.19. The molecule has 0 aromatic heterocycles. The van der Waals surface area contributed by atoms with Crippen molar-refractivity contribution in [1.82, 2.24) is 5.32 Å². The minimum atomic E-state index is -0.867. The molecule has 0 aliphatic heterocycles. The number of aliphatic carboxylic acids is 1. The maximum absolute atomic E-state index is 13.5. The summed E-state index contributed by atoms with van der Waals surface area (Å²) in [6, 6.07) is 25.8. The Labute approximate surface area is 210 Å². The summed E-state index contributed by atoms with van der Waals surface area (Å²) < 4.78 is 5.94. The van der Waals surface area contributed by atoms with Gasteiger partial charge >= 0.3 is 5.97 Å². The molecule has 4 aromatic carbocycles. The van der Waals surface area contributed by atoms with E-state index in [4.69, 9.17) is 16.4 Å². The van der Waals surface area contributed by atoms with Crippen LogP contribution in [0.15, 0.2) is 84.9 Å². The smallest absolute Gasteiger partial charge is 0.303 e. The molecule has 2 N–H and O–H groups in total. The lowest BCUT2D eigenvalue weighted by Crippen LogP contribution is -2.27. The van der Waals surface area contributed by atoms with Gasteiger partial charge in [0, 0.05) is 12.0 Å². The summed E-state index contributed by atoms with van der Waals surface area (Å²) in [6.07, 6.45) is 0.906. The van der Waals surface area contributed by atoms with Crippen LogP contribution in [0.2, 0.25) is 0 Å². The second-order valence-corrected chi connectivity index (χ2v) is 8.54. The Hall–Kier alpha value is -4.63. The van der Waals surface area contributed by atoms with E-state index in [1.54, 1.807) is 36.4 Å². The summed E-state index contributed by atoms with van der Waals surface area (Å²) in [7, 11) is 0. The predicted octanol–water partition coefficient (Wildman–Crippen LogP) is 7.08. The van der Waals surface area contributed by atoms with Crippen LogP contribution in [0.4, 0.5) is 5.69 Å². The van der Waals surface area contributed by atoms with Crippen LogP contribution in [0.1, 0.15) is 47.3 Å². The van der Waals surface area contributed by atoms with Crippen LogP contribution in [0.5, 0.6) is 11.5 Å². The summed E-state index contributed by atoms with van der Waals surface area (Å²) in [5.74, 6) is -0.0880. The summed E-state index contributed by atoms with van der Waals surface area (Å²) in [5.41, 5.74) is 2.73. The Morgan fingerprint density at radius 1 is 0.972 bits per heavy atom. The molecule has 180 valence electrons. The number of hydrogen-bond donors (Lipinski definition) is 2. The van der Waals surface area contributed by atoms with E-state index in [1.165, 1.54) is 0 Å². The molecule has 4 rings (SSSR count). The SMILES string of the molecule is [C-]#[N+]c1ccc(Oc2ccc(CCCC(=O)O)c(C(=O)N[C@H](C)c3cccc4ccccc34)c2)cc1. The fourth-order valence-corrected chi connectivity index (χ4v) is 4.18. The molecule has 0 aliphatic rings. The van der Waals surface area contributed by atoms with Gasteiger partial charge in [0.2, 0.25) is 0 Å². The summed E-state index contributed by atoms with van der Waals surface area (Å²) in [5, 5.41) is 14.3. The van der Waals surface area contributed by atoms with Crippen molar-refractivity contribution >= 4 is 28.3 Å². The minimum absolute atomic E-state index is 0.0269. The first-order valence-corrected chi connectivity index (χ1v) is 11.7. The van der Waals surface area contributed by atoms with Crippen molar-refractivity contribution in [2.45, 2.75) is 32.2 Å². The number of carboxylic acid groups (broad SMARTS) is 1. The molecule has 1 amide bonds. The predicted molar refractivity (Wildman–Crippen MR) is 140 cm³/mol. The second kappa shape index (κ2) is 11.2. The number of amides is 1. The monoisotopic (exact) mass is 478 g/mol. The largest absolute Gasteiger partial charge is 0.481 e. The number of benzene rings is 4. The molecule has 6 nitrogen and oxygen atoms in total. The average molecular weight is 479 g/mol. The van der Waals surface area contributed by atoms with Gasteiger partial charge in [-0.15, -0.1) is 0 Å². The molecule has 6 heteroatoms. The van der Waals surface area contributed by atoms with Gasteiger partial charge in [-0.3, -0.25) is 9.59 Å². The van der Waals surface area contributed by atoms with Gasteiger partial charge in [-0.25, -0.2) is 4.85 Å². The minimum Gasteiger partial charge on any atom is -0.481 e. The Morgan fingerprint density at radius 3 is 2.44 bits per heavy atom. The van der Waals surface area contributed by atoms with Crippen molar-refractivity contribution in [1.29, 1.82) is 0 Å². The zero-order chi connectivity index (χ0) is 25.5. The van der Waals surface area contributed by atoms with Crippen LogP contribution in [0.25, 0.3) is 15.6 Å². The summed E-state index contributed by atoms with van der Waals surface area (Å²) in [6.45, 7) is 9.03. The number of aryl methyl sites for hydroxylation is 1. The Bertz CT molecular complexity index is 1430. The molecule has 0 spiro atoms. The molecular formula is C30H26N2O4. The lowest BCUT2D eigenvalue weighted by atomic mass is 9.98. The number of nitrogens with zero attached hydrogens (tertiary/aromatic N) is 1. The zero-order valence-electron chi connectivity index (χ0n) is 19.9. The third-order valence-corrected chi connectivity index (χ3v) is 6.00. The number of ether oxygens (including phenoxy) is 1. The number of fused-ring (bicyclic) bond motifs is 1. The maximum Gasteiger partial charge on any atom is 0.303 e. The van der Waals surface area contributed by atoms with Crippen molar-refractivity contribution in [3.8, 4) is 11.5 Å². The summed E-state index contributed by atoms with van der Waals surface area (Å²) in [4.78, 5) is 27.8. The highest BCUT2D eigenvalue weighted by molar-refractivity contribution is 5.97. The molecular weight excluding hydrogens is 452 g/mol. The van der Waals surface area contributed by atoms with Crippen molar-refractivity contribution < 1.29 is 19.4 Å². The second-order valence-electron chi connectivity index (χ2n) is 8.54. The van der Waals surface area contributed by atoms with Gasteiger partial charge in [0.15, 0.2) is 5.69 Å². The van der Waals surface area contributed by atoms with Crippen molar-refractivity contribution in [3.05, 3.63) is 113 Å². The number of nitrogens with one attached hydrogen (secondary N) is 1. The van der Waals surface area contributed by atoms with E-state index >= 15 is 0 Å². The number of carbonyl (C=O) groups excluding carboxylic acids is 1. The summed E-state index contributed by atoms with van der Waals surface area (Å²) >= 11 is 0. The number of rotatable bonds is 9. The van der Waals surface area contributed by atoms with E-state index in [0.717, 1.165) is 21.9 Å². The number of carbonyl (C=O) groups is 2. The van der Waals surface area contributed by atoms with Crippen molar-refractivity contribution in [2.75, 3.05) is 0 Å². The van der Waals surface area contributed by atoms with E-state index in [9.17, 15) is 9.59 Å². The molecule has 1 atom stereocenters. The highest BCUT2D eigenvalue weighted by atomic mass is 16.5. The van der Waals surface area contributed by atoms with Gasteiger partial charge in [-0.1, -0.05) is 60.7 Å². The first kappa shape index (κ1) is 24.5. The molecule has 4 aromatic rings. The standard InChI is InChI=1S/C30H26N2O4/c1-20(26-11-5-8-21-7-3-4-10-27(21)26)32-30(35)28-19-25(16-13-22(28)9-6-12-29(33)34)36-24-17-14-23(31-2)15-18-24/h3-5,7-8,10-11,13-20H,6,9,12H2,1H3,(H,32,35)(H,33,34)/t20-/m1/s1. The molecule has 0 saturated heterocycles. The van der Waals surface area contributed by atoms with E-state index in [-0.39, 0.29) is 18.4 Å². The van der Waals surface area contributed by atoms with Crippen molar-refractivity contribution in [2.24, 2.45) is 0 Å². The molecule has 0 heterocycles. The van der Waals surface area contributed by atoms with Crippen LogP contribution < -0.4 is 10.1 Å². The maximum atomic E-state index is 13.5. The van der Waals surface area contributed by atoms with E-state index in [0.29, 0.717) is 35.6 Å². The van der Waals surface area contributed by atoms with Gasteiger partial charge in [0.1, 0.15) is 11.5 Å². The first-order chi connectivity index (χ1) is 17.4. The van der Waals surface area contributed by atoms with Crippen molar-refractivity contribution in [3.63, 3.8) is 0 Å². The molecule has 0 aliphatic carbocycles. The van der Waals surface area contributed by atoms with E-state index in [2.05, 4.69) is 10.2 Å². The highest BCUT2D eigenvalue weighted by Crippen LogP contribution is 2.28. The van der Waals surface area contributed by atoms with Crippen LogP contribution in [0.3, 0.4) is 0 Å². The molecule has 36 heavy (non-hydrogen) atoms. The molecule has 0 fully saturated rings. The fourth-order valence-electron chi connectivity index (χ4n) is 4.18. The van der Waals surface area contributed by atoms with Crippen LogP contribution >= 0.6 is 0 Å². The number of hydrogen-bond acceptors (Lipinski definition) is 3. The number of carboxylic acids is 1. The molecule has 0 bridgehead atoms. The fraction of sp³-hybridized carbons (Fsp3) is 0.167. The Morgan fingerprint density at radius 2 is 1.69 bits per heavy atom. The molecule has 0 unspecified atom stereocenters. The molecule has 0 radical (unpaired) electrons. The third kappa shape index (κ3) is 5.89. The van der Waals surface area contributed by atoms with Crippen LogP contribution in [0, 0.1) is 6.57 Å². The van der Waals surface area contributed by atoms with E-state index < -0.39 is 5.97 Å². The molecule has 0 saturated carbocycles. The van der Waals surface area contributed by atoms with Gasteiger partial charge in [0.05, 0.1) is 12.6 Å². The highest BCUT2D eigenvalue weighted by Gasteiger charge is 2.18. The Balaban J connectivity index is 1.60. The quantitative estimate of drug-likeness (QED) is 0.252. The van der Waals surface area contributed by atoms with Crippen LogP contribution in [-0.2, 0) is 11.2 Å². The topological polar surface area (TPSA) is 80.0 Å². The third-order valence-electron chi connectivity index (χ3n) is 6.00.